The molecule has 1 atom stereocenters. The number of aliphatic carboxylic acids is 1. The summed E-state index contributed by atoms with van der Waals surface area (Å²) in [4.78, 5) is 22.1. The van der Waals surface area contributed by atoms with Crippen LogP contribution in [0.2, 0.25) is 5.02 Å². The van der Waals surface area contributed by atoms with Crippen LogP contribution in [0.25, 0.3) is 0 Å². The number of amides is 1. The summed E-state index contributed by atoms with van der Waals surface area (Å²) in [6.07, 6.45) is 0.307. The normalized spacial score (nSPS) is 11.9. The summed E-state index contributed by atoms with van der Waals surface area (Å²) >= 11 is 5.56. The molecule has 0 saturated heterocycles. The van der Waals surface area contributed by atoms with Crippen molar-refractivity contribution in [2.75, 3.05) is 0 Å². The quantitative estimate of drug-likeness (QED) is 0.866. The Morgan fingerprint density at radius 2 is 2.17 bits per heavy atom. The molecule has 0 spiro atoms. The number of benzene rings is 1. The number of carbonyl (C=O) groups is 2. The van der Waals surface area contributed by atoms with E-state index in [1.807, 2.05) is 0 Å². The van der Waals surface area contributed by atoms with Crippen LogP contribution < -0.4 is 5.32 Å². The average Bonchev–Trinajstić information content (AvgIpc) is 2.30. The van der Waals surface area contributed by atoms with Gasteiger partial charge >= 0.3 is 5.97 Å². The number of halogens is 2. The minimum absolute atomic E-state index is 0.0222. The summed E-state index contributed by atoms with van der Waals surface area (Å²) in [5, 5.41) is 11.0. The van der Waals surface area contributed by atoms with Gasteiger partial charge in [0.05, 0.1) is 5.02 Å². The number of carboxylic acid groups (broad SMARTS) is 1. The second-order valence-electron chi connectivity index (χ2n) is 3.94. The van der Waals surface area contributed by atoms with Crippen LogP contribution in [0.15, 0.2) is 18.2 Å². The van der Waals surface area contributed by atoms with Crippen molar-refractivity contribution in [3.8, 4) is 0 Å². The zero-order valence-corrected chi connectivity index (χ0v) is 10.5. The maximum absolute atomic E-state index is 12.9. The molecule has 0 aromatic heterocycles. The molecular formula is C12H13ClFNO3. The zero-order chi connectivity index (χ0) is 13.7. The number of nitrogens with one attached hydrogen (secondary N) is 1. The first-order valence-corrected chi connectivity index (χ1v) is 5.75. The zero-order valence-electron chi connectivity index (χ0n) is 9.74. The largest absolute Gasteiger partial charge is 0.481 e. The van der Waals surface area contributed by atoms with Gasteiger partial charge in [0.25, 0.3) is 5.91 Å². The fourth-order valence-corrected chi connectivity index (χ4v) is 1.54. The van der Waals surface area contributed by atoms with E-state index in [4.69, 9.17) is 16.7 Å². The Kier molecular flexibility index (Phi) is 5.09. The predicted octanol–water partition coefficient (Wildman–Crippen LogP) is 2.46. The van der Waals surface area contributed by atoms with Gasteiger partial charge in [-0.3, -0.25) is 9.59 Å². The van der Waals surface area contributed by atoms with Crippen LogP contribution in [0.5, 0.6) is 0 Å². The molecule has 0 bridgehead atoms. The number of rotatable bonds is 5. The molecule has 6 heteroatoms. The number of carboxylic acids is 1. The molecule has 18 heavy (non-hydrogen) atoms. The molecule has 1 aromatic carbocycles. The van der Waals surface area contributed by atoms with Crippen LogP contribution in [0.3, 0.4) is 0 Å². The van der Waals surface area contributed by atoms with E-state index in [9.17, 15) is 14.0 Å². The van der Waals surface area contributed by atoms with Crippen LogP contribution >= 0.6 is 11.6 Å². The van der Waals surface area contributed by atoms with E-state index in [-0.39, 0.29) is 23.0 Å². The monoisotopic (exact) mass is 273 g/mol. The SMILES string of the molecule is CC(CCC(=O)O)NC(=O)c1ccc(F)c(Cl)c1. The lowest BCUT2D eigenvalue weighted by Crippen LogP contribution is -2.32. The van der Waals surface area contributed by atoms with Crippen molar-refractivity contribution in [2.45, 2.75) is 25.8 Å². The van der Waals surface area contributed by atoms with E-state index < -0.39 is 17.7 Å². The Morgan fingerprint density at radius 3 is 2.72 bits per heavy atom. The maximum Gasteiger partial charge on any atom is 0.303 e. The van der Waals surface area contributed by atoms with Gasteiger partial charge in [-0.25, -0.2) is 4.39 Å². The smallest absolute Gasteiger partial charge is 0.303 e. The van der Waals surface area contributed by atoms with E-state index >= 15 is 0 Å². The van der Waals surface area contributed by atoms with Crippen molar-refractivity contribution < 1.29 is 19.1 Å². The molecule has 4 nitrogen and oxygen atoms in total. The number of hydrogen-bond donors (Lipinski definition) is 2. The second-order valence-corrected chi connectivity index (χ2v) is 4.34. The van der Waals surface area contributed by atoms with Crippen molar-refractivity contribution in [1.82, 2.24) is 5.32 Å². The third-order valence-corrected chi connectivity index (χ3v) is 2.64. The van der Waals surface area contributed by atoms with Crippen LogP contribution in [-0.4, -0.2) is 23.0 Å². The Balaban J connectivity index is 2.59. The van der Waals surface area contributed by atoms with Gasteiger partial charge in [-0.1, -0.05) is 11.6 Å². The lowest BCUT2D eigenvalue weighted by Gasteiger charge is -2.12. The molecule has 0 radical (unpaired) electrons. The molecule has 0 saturated carbocycles. The molecule has 0 aliphatic carbocycles. The Morgan fingerprint density at radius 1 is 1.50 bits per heavy atom. The highest BCUT2D eigenvalue weighted by Crippen LogP contribution is 2.16. The molecule has 1 amide bonds. The first-order chi connectivity index (χ1) is 8.40. The van der Waals surface area contributed by atoms with Gasteiger partial charge < -0.3 is 10.4 Å². The maximum atomic E-state index is 12.9. The lowest BCUT2D eigenvalue weighted by atomic mass is 10.1. The van der Waals surface area contributed by atoms with Crippen molar-refractivity contribution >= 4 is 23.5 Å². The van der Waals surface area contributed by atoms with Gasteiger partial charge in [-0.05, 0) is 31.5 Å². The minimum atomic E-state index is -0.916. The van der Waals surface area contributed by atoms with Gasteiger partial charge in [0, 0.05) is 18.0 Å². The predicted molar refractivity (Wildman–Crippen MR) is 65.2 cm³/mol. The molecule has 0 aliphatic heterocycles. The molecule has 0 fully saturated rings. The molecule has 98 valence electrons. The van der Waals surface area contributed by atoms with Gasteiger partial charge in [0.1, 0.15) is 5.82 Å². The molecule has 0 heterocycles. The van der Waals surface area contributed by atoms with Crippen LogP contribution in [0.1, 0.15) is 30.1 Å². The molecular weight excluding hydrogens is 261 g/mol. The fraction of sp³-hybridized carbons (Fsp3) is 0.333. The van der Waals surface area contributed by atoms with Crippen LogP contribution in [0.4, 0.5) is 4.39 Å². The van der Waals surface area contributed by atoms with Gasteiger partial charge in [0.2, 0.25) is 0 Å². The molecule has 1 aromatic rings. The van der Waals surface area contributed by atoms with Crippen molar-refractivity contribution in [1.29, 1.82) is 0 Å². The summed E-state index contributed by atoms with van der Waals surface area (Å²) in [7, 11) is 0. The van der Waals surface area contributed by atoms with E-state index in [0.29, 0.717) is 6.42 Å². The van der Waals surface area contributed by atoms with Gasteiger partial charge in [0.15, 0.2) is 0 Å². The second kappa shape index (κ2) is 6.35. The first kappa shape index (κ1) is 14.4. The first-order valence-electron chi connectivity index (χ1n) is 5.38. The molecule has 1 rings (SSSR count). The average molecular weight is 274 g/mol. The summed E-state index contributed by atoms with van der Waals surface area (Å²) in [6, 6.07) is 3.38. The van der Waals surface area contributed by atoms with Crippen molar-refractivity contribution in [3.63, 3.8) is 0 Å². The van der Waals surface area contributed by atoms with Crippen LogP contribution in [0, 0.1) is 5.82 Å². The minimum Gasteiger partial charge on any atom is -0.481 e. The van der Waals surface area contributed by atoms with Gasteiger partial charge in [-0.2, -0.15) is 0 Å². The standard InChI is InChI=1S/C12H13ClFNO3/c1-7(2-5-11(16)17)15-12(18)8-3-4-10(14)9(13)6-8/h3-4,6-7H,2,5H2,1H3,(H,15,18)(H,16,17). The van der Waals surface area contributed by atoms with Crippen molar-refractivity contribution in [2.24, 2.45) is 0 Å². The van der Waals surface area contributed by atoms with E-state index in [1.54, 1.807) is 6.92 Å². The van der Waals surface area contributed by atoms with E-state index in [2.05, 4.69) is 5.32 Å². The summed E-state index contributed by atoms with van der Waals surface area (Å²) in [6.45, 7) is 1.70. The van der Waals surface area contributed by atoms with Crippen LogP contribution in [-0.2, 0) is 4.79 Å². The topological polar surface area (TPSA) is 66.4 Å². The summed E-state index contributed by atoms with van der Waals surface area (Å²) in [5.74, 6) is -1.91. The highest BCUT2D eigenvalue weighted by atomic mass is 35.5. The van der Waals surface area contributed by atoms with E-state index in [1.165, 1.54) is 12.1 Å². The number of hydrogen-bond acceptors (Lipinski definition) is 2. The molecule has 2 N–H and O–H groups in total. The third-order valence-electron chi connectivity index (χ3n) is 2.35. The Bertz CT molecular complexity index is 465. The Hall–Kier alpha value is -1.62. The summed E-state index contributed by atoms with van der Waals surface area (Å²) in [5.41, 5.74) is 0.239. The fourth-order valence-electron chi connectivity index (χ4n) is 1.36. The highest BCUT2D eigenvalue weighted by Gasteiger charge is 2.12. The number of carbonyl (C=O) groups excluding carboxylic acids is 1. The summed E-state index contributed by atoms with van der Waals surface area (Å²) < 4.78 is 12.9. The highest BCUT2D eigenvalue weighted by molar-refractivity contribution is 6.31. The van der Waals surface area contributed by atoms with Gasteiger partial charge in [-0.15, -0.1) is 0 Å². The molecule has 0 aliphatic rings. The van der Waals surface area contributed by atoms with E-state index in [0.717, 1.165) is 6.07 Å². The third kappa shape index (κ3) is 4.33. The van der Waals surface area contributed by atoms with Crippen molar-refractivity contribution in [3.05, 3.63) is 34.6 Å². The molecule has 1 unspecified atom stereocenters. The lowest BCUT2D eigenvalue weighted by molar-refractivity contribution is -0.137. The Labute approximate surface area is 109 Å².